The lowest BCUT2D eigenvalue weighted by atomic mass is 10.3. The number of rotatable bonds is 10. The molecule has 9 nitrogen and oxygen atoms in total. The van der Waals surface area contributed by atoms with Gasteiger partial charge < -0.3 is 20.2 Å². The summed E-state index contributed by atoms with van der Waals surface area (Å²) in [6.45, 7) is 2.12. The minimum Gasteiger partial charge on any atom is -0.382 e. The summed E-state index contributed by atoms with van der Waals surface area (Å²) in [4.78, 5) is 14.4. The van der Waals surface area contributed by atoms with Crippen molar-refractivity contribution in [1.82, 2.24) is 4.98 Å². The Morgan fingerprint density at radius 2 is 2.20 bits per heavy atom. The zero-order valence-electron chi connectivity index (χ0n) is 11.3. The maximum absolute atomic E-state index is 10.9. The minimum atomic E-state index is -0.495. The summed E-state index contributed by atoms with van der Waals surface area (Å²) < 4.78 is 10.1. The van der Waals surface area contributed by atoms with Crippen molar-refractivity contribution in [3.8, 4) is 0 Å². The number of hydrogen-bond acceptors (Lipinski definition) is 8. The number of nitrogens with one attached hydrogen (secondary N) is 2. The molecule has 0 aliphatic rings. The van der Waals surface area contributed by atoms with E-state index in [9.17, 15) is 10.1 Å². The van der Waals surface area contributed by atoms with E-state index in [1.807, 2.05) is 0 Å². The van der Waals surface area contributed by atoms with Gasteiger partial charge in [0.25, 0.3) is 0 Å². The van der Waals surface area contributed by atoms with Crippen LogP contribution in [0.2, 0.25) is 0 Å². The molecule has 0 aliphatic heterocycles. The van der Waals surface area contributed by atoms with E-state index in [-0.39, 0.29) is 11.5 Å². The van der Waals surface area contributed by atoms with Crippen LogP contribution in [0.4, 0.5) is 17.3 Å². The molecule has 0 aliphatic carbocycles. The Labute approximate surface area is 116 Å². The first-order chi connectivity index (χ1) is 9.69. The van der Waals surface area contributed by atoms with Crippen LogP contribution in [0, 0.1) is 10.1 Å². The van der Waals surface area contributed by atoms with E-state index in [4.69, 9.17) is 15.3 Å². The SMILES string of the molecule is COCCOCCCNc1nc(NN)ccc1[N+](=O)[O-]. The Morgan fingerprint density at radius 1 is 1.40 bits per heavy atom. The van der Waals surface area contributed by atoms with Gasteiger partial charge in [0.2, 0.25) is 5.82 Å². The van der Waals surface area contributed by atoms with Gasteiger partial charge in [-0.15, -0.1) is 0 Å². The van der Waals surface area contributed by atoms with Crippen molar-refractivity contribution in [2.45, 2.75) is 6.42 Å². The molecule has 0 radical (unpaired) electrons. The summed E-state index contributed by atoms with van der Waals surface area (Å²) in [6.07, 6.45) is 0.697. The van der Waals surface area contributed by atoms with Gasteiger partial charge in [0.15, 0.2) is 0 Å². The van der Waals surface area contributed by atoms with E-state index in [2.05, 4.69) is 15.7 Å². The minimum absolute atomic E-state index is 0.0932. The number of pyridine rings is 1. The molecule has 112 valence electrons. The second-order valence-electron chi connectivity index (χ2n) is 3.85. The summed E-state index contributed by atoms with van der Waals surface area (Å²) in [6, 6.07) is 2.79. The molecule has 0 saturated heterocycles. The van der Waals surface area contributed by atoms with Crippen LogP contribution in [0.5, 0.6) is 0 Å². The van der Waals surface area contributed by atoms with Gasteiger partial charge in [-0.3, -0.25) is 10.1 Å². The number of hydrogen-bond donors (Lipinski definition) is 3. The first-order valence-corrected chi connectivity index (χ1v) is 6.11. The van der Waals surface area contributed by atoms with Crippen molar-refractivity contribution in [3.05, 3.63) is 22.2 Å². The molecule has 0 aromatic carbocycles. The van der Waals surface area contributed by atoms with Gasteiger partial charge in [0, 0.05) is 26.3 Å². The Balaban J connectivity index is 2.43. The van der Waals surface area contributed by atoms with E-state index >= 15 is 0 Å². The van der Waals surface area contributed by atoms with E-state index < -0.39 is 4.92 Å². The number of anilines is 2. The van der Waals surface area contributed by atoms with Gasteiger partial charge >= 0.3 is 5.69 Å². The van der Waals surface area contributed by atoms with Crippen molar-refractivity contribution < 1.29 is 14.4 Å². The molecule has 9 heteroatoms. The van der Waals surface area contributed by atoms with Crippen LogP contribution in [0.1, 0.15) is 6.42 Å². The number of methoxy groups -OCH3 is 1. The standard InChI is InChI=1S/C11H19N5O4/c1-19-7-8-20-6-2-5-13-11-9(16(17)18)3-4-10(14-11)15-12/h3-4H,2,5-8,12H2,1H3,(H2,13,14,15). The molecule has 1 rings (SSSR count). The fraction of sp³-hybridized carbons (Fsp3) is 0.545. The Morgan fingerprint density at radius 3 is 2.85 bits per heavy atom. The van der Waals surface area contributed by atoms with Crippen molar-refractivity contribution in [1.29, 1.82) is 0 Å². The van der Waals surface area contributed by atoms with Crippen LogP contribution in [-0.2, 0) is 9.47 Å². The molecular weight excluding hydrogens is 266 g/mol. The van der Waals surface area contributed by atoms with Crippen LogP contribution >= 0.6 is 0 Å². The molecule has 20 heavy (non-hydrogen) atoms. The molecule has 4 N–H and O–H groups in total. The van der Waals surface area contributed by atoms with Gasteiger partial charge in [-0.1, -0.05) is 0 Å². The van der Waals surface area contributed by atoms with Gasteiger partial charge in [-0.25, -0.2) is 10.8 Å². The highest BCUT2D eigenvalue weighted by Gasteiger charge is 2.15. The van der Waals surface area contributed by atoms with E-state index in [0.717, 1.165) is 0 Å². The molecular formula is C11H19N5O4. The van der Waals surface area contributed by atoms with Gasteiger partial charge in [-0.05, 0) is 12.5 Å². The number of nitrogens with zero attached hydrogens (tertiary/aromatic N) is 2. The number of nitrogen functional groups attached to an aromatic ring is 1. The average Bonchev–Trinajstić information content (AvgIpc) is 2.45. The summed E-state index contributed by atoms with van der Waals surface area (Å²) in [7, 11) is 1.61. The predicted molar refractivity (Wildman–Crippen MR) is 74.5 cm³/mol. The van der Waals surface area contributed by atoms with E-state index in [0.29, 0.717) is 38.6 Å². The number of aromatic nitrogens is 1. The third-order valence-corrected chi connectivity index (χ3v) is 2.41. The Bertz CT molecular complexity index is 429. The van der Waals surface area contributed by atoms with Crippen LogP contribution in [-0.4, -0.2) is 43.4 Å². The highest BCUT2D eigenvalue weighted by atomic mass is 16.6. The average molecular weight is 285 g/mol. The van der Waals surface area contributed by atoms with Crippen LogP contribution in [0.25, 0.3) is 0 Å². The fourth-order valence-corrected chi connectivity index (χ4v) is 1.43. The lowest BCUT2D eigenvalue weighted by Crippen LogP contribution is -2.13. The smallest absolute Gasteiger partial charge is 0.311 e. The molecule has 0 spiro atoms. The summed E-state index contributed by atoms with van der Waals surface area (Å²) in [5.41, 5.74) is 2.25. The van der Waals surface area contributed by atoms with Crippen LogP contribution < -0.4 is 16.6 Å². The maximum atomic E-state index is 10.9. The topological polar surface area (TPSA) is 125 Å². The third kappa shape index (κ3) is 5.34. The molecule has 1 aromatic heterocycles. The van der Waals surface area contributed by atoms with Crippen LogP contribution in [0.15, 0.2) is 12.1 Å². The number of ether oxygens (including phenoxy) is 2. The predicted octanol–water partition coefficient (Wildman–Crippen LogP) is 0.740. The maximum Gasteiger partial charge on any atom is 0.311 e. The second kappa shape index (κ2) is 9.02. The van der Waals surface area contributed by atoms with Gasteiger partial charge in [0.05, 0.1) is 18.1 Å². The number of hydrazine groups is 1. The molecule has 0 atom stereocenters. The zero-order chi connectivity index (χ0) is 14.8. The second-order valence-corrected chi connectivity index (χ2v) is 3.85. The van der Waals surface area contributed by atoms with Gasteiger partial charge in [0.1, 0.15) is 5.82 Å². The Hall–Kier alpha value is -1.97. The molecule has 1 heterocycles. The van der Waals surface area contributed by atoms with Crippen molar-refractivity contribution in [2.75, 3.05) is 44.2 Å². The zero-order valence-corrected chi connectivity index (χ0v) is 11.3. The normalized spacial score (nSPS) is 10.3. The highest BCUT2D eigenvalue weighted by Crippen LogP contribution is 2.23. The number of nitrogens with two attached hydrogens (primary N) is 1. The summed E-state index contributed by atoms with van der Waals surface area (Å²) in [5, 5.41) is 13.8. The third-order valence-electron chi connectivity index (χ3n) is 2.41. The molecule has 0 unspecified atom stereocenters. The highest BCUT2D eigenvalue weighted by molar-refractivity contribution is 5.59. The molecule has 0 saturated carbocycles. The first kappa shape index (κ1) is 16.1. The lowest BCUT2D eigenvalue weighted by molar-refractivity contribution is -0.384. The molecule has 0 amide bonds. The monoisotopic (exact) mass is 285 g/mol. The lowest BCUT2D eigenvalue weighted by Gasteiger charge is -2.08. The van der Waals surface area contributed by atoms with Crippen molar-refractivity contribution >= 4 is 17.3 Å². The summed E-state index contributed by atoms with van der Waals surface area (Å²) >= 11 is 0. The van der Waals surface area contributed by atoms with Gasteiger partial charge in [-0.2, -0.15) is 0 Å². The number of nitro groups is 1. The molecule has 0 bridgehead atoms. The Kier molecular flexibility index (Phi) is 7.25. The van der Waals surface area contributed by atoms with E-state index in [1.165, 1.54) is 12.1 Å². The quantitative estimate of drug-likeness (QED) is 0.249. The van der Waals surface area contributed by atoms with Crippen molar-refractivity contribution in [2.24, 2.45) is 5.84 Å². The fourth-order valence-electron chi connectivity index (χ4n) is 1.43. The molecule has 1 aromatic rings. The summed E-state index contributed by atoms with van der Waals surface area (Å²) in [5.74, 6) is 5.76. The first-order valence-electron chi connectivity index (χ1n) is 6.11. The van der Waals surface area contributed by atoms with Crippen LogP contribution in [0.3, 0.4) is 0 Å². The van der Waals surface area contributed by atoms with Crippen molar-refractivity contribution in [3.63, 3.8) is 0 Å². The van der Waals surface area contributed by atoms with E-state index in [1.54, 1.807) is 7.11 Å². The largest absolute Gasteiger partial charge is 0.382 e. The molecule has 0 fully saturated rings.